The van der Waals surface area contributed by atoms with Crippen LogP contribution in [0.4, 0.5) is 18.9 Å². The highest BCUT2D eigenvalue weighted by Crippen LogP contribution is 2.31. The van der Waals surface area contributed by atoms with E-state index in [1.807, 2.05) is 0 Å². The second-order valence-electron chi connectivity index (χ2n) is 5.20. The molecular weight excluding hydrogens is 313 g/mol. The van der Waals surface area contributed by atoms with Crippen molar-refractivity contribution < 1.29 is 27.5 Å². The smallest absolute Gasteiger partial charge is 0.372 e. The fourth-order valence-electron chi connectivity index (χ4n) is 2.34. The van der Waals surface area contributed by atoms with E-state index < -0.39 is 18.7 Å². The summed E-state index contributed by atoms with van der Waals surface area (Å²) in [6.07, 6.45) is -4.03. The Labute approximate surface area is 131 Å². The van der Waals surface area contributed by atoms with Crippen molar-refractivity contribution in [3.05, 3.63) is 29.8 Å². The van der Waals surface area contributed by atoms with Gasteiger partial charge < -0.3 is 15.4 Å². The highest BCUT2D eigenvalue weighted by molar-refractivity contribution is 6.01. The number of carbonyl (C=O) groups is 2. The van der Waals surface area contributed by atoms with Gasteiger partial charge in [-0.25, -0.2) is 0 Å². The molecule has 0 saturated heterocycles. The number of para-hydroxylation sites is 1. The Bertz CT molecular complexity index is 575. The SMILES string of the molecule is O=C1C[C@H](C(=O)NCCCOCC(F)(F)F)c2ccccc2N1. The summed E-state index contributed by atoms with van der Waals surface area (Å²) in [6.45, 7) is -1.20. The van der Waals surface area contributed by atoms with E-state index in [2.05, 4.69) is 15.4 Å². The van der Waals surface area contributed by atoms with Gasteiger partial charge in [0, 0.05) is 25.3 Å². The fraction of sp³-hybridized carbons (Fsp3) is 0.467. The first kappa shape index (κ1) is 17.3. The number of halogens is 3. The molecule has 0 bridgehead atoms. The van der Waals surface area contributed by atoms with Gasteiger partial charge in [-0.05, 0) is 18.1 Å². The molecule has 23 heavy (non-hydrogen) atoms. The van der Waals surface area contributed by atoms with Gasteiger partial charge in [-0.3, -0.25) is 9.59 Å². The standard InChI is InChI=1S/C15H17F3N2O3/c16-15(17,18)9-23-7-3-6-19-14(22)11-8-13(21)20-12-5-2-1-4-10(11)12/h1-2,4-5,11H,3,6-9H2,(H,19,22)(H,20,21)/t11-/m0/s1. The summed E-state index contributed by atoms with van der Waals surface area (Å²) < 4.78 is 40.1. The minimum Gasteiger partial charge on any atom is -0.372 e. The van der Waals surface area contributed by atoms with Crippen LogP contribution in [0, 0.1) is 0 Å². The number of rotatable bonds is 6. The predicted molar refractivity (Wildman–Crippen MR) is 76.9 cm³/mol. The van der Waals surface area contributed by atoms with Crippen LogP contribution in [0.25, 0.3) is 0 Å². The van der Waals surface area contributed by atoms with Gasteiger partial charge in [-0.2, -0.15) is 13.2 Å². The lowest BCUT2D eigenvalue weighted by Crippen LogP contribution is -2.35. The van der Waals surface area contributed by atoms with Crippen LogP contribution >= 0.6 is 0 Å². The molecule has 0 radical (unpaired) electrons. The number of carbonyl (C=O) groups excluding carboxylic acids is 2. The summed E-state index contributed by atoms with van der Waals surface area (Å²) in [4.78, 5) is 23.8. The largest absolute Gasteiger partial charge is 0.411 e. The molecule has 5 nitrogen and oxygen atoms in total. The zero-order chi connectivity index (χ0) is 16.9. The Morgan fingerprint density at radius 1 is 1.35 bits per heavy atom. The van der Waals surface area contributed by atoms with E-state index >= 15 is 0 Å². The summed E-state index contributed by atoms with van der Waals surface area (Å²) in [5, 5.41) is 5.33. The van der Waals surface area contributed by atoms with E-state index in [1.54, 1.807) is 24.3 Å². The second-order valence-corrected chi connectivity index (χ2v) is 5.20. The monoisotopic (exact) mass is 330 g/mol. The molecule has 1 aliphatic rings. The molecule has 1 aromatic rings. The van der Waals surface area contributed by atoms with Crippen molar-refractivity contribution >= 4 is 17.5 Å². The third-order valence-corrected chi connectivity index (χ3v) is 3.35. The van der Waals surface area contributed by atoms with Crippen molar-refractivity contribution in [3.8, 4) is 0 Å². The van der Waals surface area contributed by atoms with Crippen molar-refractivity contribution in [2.24, 2.45) is 0 Å². The van der Waals surface area contributed by atoms with E-state index in [9.17, 15) is 22.8 Å². The van der Waals surface area contributed by atoms with Gasteiger partial charge in [-0.1, -0.05) is 18.2 Å². The Balaban J connectivity index is 1.79. The van der Waals surface area contributed by atoms with Crippen LogP contribution in [0.15, 0.2) is 24.3 Å². The quantitative estimate of drug-likeness (QED) is 0.786. The van der Waals surface area contributed by atoms with Gasteiger partial charge in [0.15, 0.2) is 0 Å². The van der Waals surface area contributed by atoms with Crippen molar-refractivity contribution in [3.63, 3.8) is 0 Å². The second kappa shape index (κ2) is 7.45. The van der Waals surface area contributed by atoms with Gasteiger partial charge in [0.2, 0.25) is 11.8 Å². The molecule has 8 heteroatoms. The first-order valence-electron chi connectivity index (χ1n) is 7.18. The maximum Gasteiger partial charge on any atom is 0.411 e. The average Bonchev–Trinajstić information content (AvgIpc) is 2.48. The zero-order valence-corrected chi connectivity index (χ0v) is 12.3. The summed E-state index contributed by atoms with van der Waals surface area (Å²) in [5.41, 5.74) is 1.34. The molecule has 0 fully saturated rings. The van der Waals surface area contributed by atoms with Crippen molar-refractivity contribution in [1.29, 1.82) is 0 Å². The lowest BCUT2D eigenvalue weighted by molar-refractivity contribution is -0.174. The number of nitrogens with one attached hydrogen (secondary N) is 2. The van der Waals surface area contributed by atoms with Crippen LogP contribution in [0.3, 0.4) is 0 Å². The Hall–Kier alpha value is -2.09. The molecule has 0 aromatic heterocycles. The highest BCUT2D eigenvalue weighted by atomic mass is 19.4. The van der Waals surface area contributed by atoms with Gasteiger partial charge in [0.05, 0.1) is 5.92 Å². The molecule has 0 saturated carbocycles. The lowest BCUT2D eigenvalue weighted by atomic mass is 9.90. The summed E-state index contributed by atoms with van der Waals surface area (Å²) >= 11 is 0. The molecular formula is C15H17F3N2O3. The maximum absolute atomic E-state index is 12.2. The predicted octanol–water partition coefficient (Wildman–Crippen LogP) is 2.20. The van der Waals surface area contributed by atoms with E-state index in [0.29, 0.717) is 5.69 Å². The molecule has 2 N–H and O–H groups in total. The molecule has 1 aromatic carbocycles. The number of anilines is 1. The molecule has 2 rings (SSSR count). The number of alkyl halides is 3. The number of hydrogen-bond acceptors (Lipinski definition) is 3. The zero-order valence-electron chi connectivity index (χ0n) is 12.3. The number of amides is 2. The van der Waals surface area contributed by atoms with Crippen molar-refractivity contribution in [2.45, 2.75) is 24.9 Å². The summed E-state index contributed by atoms with van der Waals surface area (Å²) in [6, 6.07) is 7.03. The molecule has 1 aliphatic heterocycles. The minimum absolute atomic E-state index is 0.0490. The number of fused-ring (bicyclic) bond motifs is 1. The molecule has 2 amide bonds. The van der Waals surface area contributed by atoms with Crippen molar-refractivity contribution in [1.82, 2.24) is 5.32 Å². The van der Waals surface area contributed by atoms with Gasteiger partial charge in [0.25, 0.3) is 0 Å². The van der Waals surface area contributed by atoms with E-state index in [0.717, 1.165) is 5.56 Å². The first-order valence-corrected chi connectivity index (χ1v) is 7.18. The number of benzene rings is 1. The van der Waals surface area contributed by atoms with Gasteiger partial charge >= 0.3 is 6.18 Å². The third-order valence-electron chi connectivity index (χ3n) is 3.35. The molecule has 1 atom stereocenters. The van der Waals surface area contributed by atoms with E-state index in [-0.39, 0.29) is 37.8 Å². The topological polar surface area (TPSA) is 67.4 Å². The normalized spacial score (nSPS) is 17.3. The average molecular weight is 330 g/mol. The van der Waals surface area contributed by atoms with E-state index in [1.165, 1.54) is 0 Å². The van der Waals surface area contributed by atoms with Crippen LogP contribution in [0.5, 0.6) is 0 Å². The number of ether oxygens (including phenoxy) is 1. The van der Waals surface area contributed by atoms with Crippen LogP contribution in [-0.4, -0.2) is 37.7 Å². The van der Waals surface area contributed by atoms with Crippen LogP contribution in [-0.2, 0) is 14.3 Å². The van der Waals surface area contributed by atoms with E-state index in [4.69, 9.17) is 0 Å². The summed E-state index contributed by atoms with van der Waals surface area (Å²) in [5.74, 6) is -1.14. The Morgan fingerprint density at radius 2 is 2.09 bits per heavy atom. The Morgan fingerprint density at radius 3 is 2.83 bits per heavy atom. The third kappa shape index (κ3) is 5.24. The fourth-order valence-corrected chi connectivity index (χ4v) is 2.34. The molecule has 0 spiro atoms. The highest BCUT2D eigenvalue weighted by Gasteiger charge is 2.30. The lowest BCUT2D eigenvalue weighted by Gasteiger charge is -2.24. The molecule has 0 unspecified atom stereocenters. The van der Waals surface area contributed by atoms with Crippen LogP contribution in [0.2, 0.25) is 0 Å². The number of hydrogen-bond donors (Lipinski definition) is 2. The summed E-state index contributed by atoms with van der Waals surface area (Å²) in [7, 11) is 0. The van der Waals surface area contributed by atoms with Gasteiger partial charge in [-0.15, -0.1) is 0 Å². The first-order chi connectivity index (χ1) is 10.9. The minimum atomic E-state index is -4.34. The molecule has 126 valence electrons. The van der Waals surface area contributed by atoms with Crippen molar-refractivity contribution in [2.75, 3.05) is 25.1 Å². The van der Waals surface area contributed by atoms with Gasteiger partial charge in [0.1, 0.15) is 6.61 Å². The van der Waals surface area contributed by atoms with Crippen LogP contribution < -0.4 is 10.6 Å². The van der Waals surface area contributed by atoms with Crippen LogP contribution in [0.1, 0.15) is 24.3 Å². The molecule has 0 aliphatic carbocycles. The molecule has 1 heterocycles. The Kier molecular flexibility index (Phi) is 5.59. The maximum atomic E-state index is 12.2.